The predicted molar refractivity (Wildman–Crippen MR) is 49.7 cm³/mol. The molecule has 0 amide bonds. The molecule has 0 aliphatic carbocycles. The molecule has 0 spiro atoms. The minimum absolute atomic E-state index is 0.405. The first-order chi connectivity index (χ1) is 6.69. The number of hydrogen-bond donors (Lipinski definition) is 1. The van der Waals surface area contributed by atoms with E-state index in [1.165, 1.54) is 19.5 Å². The van der Waals surface area contributed by atoms with Gasteiger partial charge in [0.25, 0.3) is 0 Å². The number of nitrogens with zero attached hydrogens (tertiary/aromatic N) is 2. The molecule has 0 saturated carbocycles. The minimum atomic E-state index is -0.428. The van der Waals surface area contributed by atoms with Crippen molar-refractivity contribution in [3.8, 4) is 0 Å². The highest BCUT2D eigenvalue weighted by molar-refractivity contribution is 5.91. The Morgan fingerprint density at radius 3 is 2.93 bits per heavy atom. The van der Waals surface area contributed by atoms with Crippen LogP contribution in [0.1, 0.15) is 21.6 Å². The molecule has 14 heavy (non-hydrogen) atoms. The lowest BCUT2D eigenvalue weighted by Crippen LogP contribution is -2.05. The fraction of sp³-hybridized carbons (Fsp3) is 0.222. The van der Waals surface area contributed by atoms with Gasteiger partial charge in [-0.1, -0.05) is 5.16 Å². The largest absolute Gasteiger partial charge is 0.465 e. The summed E-state index contributed by atoms with van der Waals surface area (Å²) in [6.07, 6.45) is 2.58. The molecule has 5 heteroatoms. The Bertz CT molecular complexity index is 374. The summed E-state index contributed by atoms with van der Waals surface area (Å²) >= 11 is 0. The minimum Gasteiger partial charge on any atom is -0.465 e. The number of ether oxygens (including phenoxy) is 1. The van der Waals surface area contributed by atoms with Crippen molar-refractivity contribution in [3.05, 3.63) is 29.1 Å². The van der Waals surface area contributed by atoms with Gasteiger partial charge in [-0.15, -0.1) is 0 Å². The Morgan fingerprint density at radius 1 is 1.71 bits per heavy atom. The van der Waals surface area contributed by atoms with E-state index in [2.05, 4.69) is 14.9 Å². The summed E-state index contributed by atoms with van der Waals surface area (Å²) in [7, 11) is 1.31. The zero-order valence-electron chi connectivity index (χ0n) is 7.89. The highest BCUT2D eigenvalue weighted by Crippen LogP contribution is 2.08. The van der Waals surface area contributed by atoms with Crippen LogP contribution in [0.3, 0.4) is 0 Å². The lowest BCUT2D eigenvalue weighted by molar-refractivity contribution is 0.0599. The molecule has 0 aliphatic rings. The van der Waals surface area contributed by atoms with Crippen molar-refractivity contribution in [2.45, 2.75) is 6.92 Å². The van der Waals surface area contributed by atoms with Crippen LogP contribution in [0.15, 0.2) is 17.4 Å². The van der Waals surface area contributed by atoms with Crippen LogP contribution in [-0.2, 0) is 4.74 Å². The molecule has 0 atom stereocenters. The molecule has 0 fully saturated rings. The number of rotatable bonds is 2. The van der Waals surface area contributed by atoms with Gasteiger partial charge in [0, 0.05) is 6.20 Å². The second-order valence-corrected chi connectivity index (χ2v) is 2.66. The van der Waals surface area contributed by atoms with Crippen molar-refractivity contribution in [1.82, 2.24) is 4.98 Å². The van der Waals surface area contributed by atoms with Crippen LogP contribution < -0.4 is 0 Å². The van der Waals surface area contributed by atoms with E-state index in [9.17, 15) is 4.79 Å². The molecule has 0 bridgehead atoms. The fourth-order valence-electron chi connectivity index (χ4n) is 1.03. The summed E-state index contributed by atoms with van der Waals surface area (Å²) in [4.78, 5) is 15.0. The molecule has 0 radical (unpaired) electrons. The summed E-state index contributed by atoms with van der Waals surface area (Å²) in [6.45, 7) is 1.75. The molecular formula is C9H10N2O3. The summed E-state index contributed by atoms with van der Waals surface area (Å²) < 4.78 is 4.55. The van der Waals surface area contributed by atoms with Crippen molar-refractivity contribution in [1.29, 1.82) is 0 Å². The third-order valence-electron chi connectivity index (χ3n) is 1.73. The third-order valence-corrected chi connectivity index (χ3v) is 1.73. The number of carbonyl (C=O) groups excluding carboxylic acids is 1. The molecule has 1 heterocycles. The first kappa shape index (κ1) is 10.2. The highest BCUT2D eigenvalue weighted by atomic mass is 16.5. The van der Waals surface area contributed by atoms with Gasteiger partial charge in [0.15, 0.2) is 0 Å². The number of carbonyl (C=O) groups is 1. The molecule has 5 nitrogen and oxygen atoms in total. The number of pyridine rings is 1. The predicted octanol–water partition coefficient (Wildman–Crippen LogP) is 0.985. The number of methoxy groups -OCH3 is 1. The molecule has 1 aromatic rings. The maximum atomic E-state index is 11.2. The van der Waals surface area contributed by atoms with E-state index in [4.69, 9.17) is 5.21 Å². The molecule has 0 aromatic carbocycles. The standard InChI is InChI=1S/C9H10N2O3/c1-6-3-7(4-11-13)10-5-8(6)9(12)14-2/h3-5,13H,1-2H3/b11-4+. The second-order valence-electron chi connectivity index (χ2n) is 2.66. The van der Waals surface area contributed by atoms with E-state index in [0.29, 0.717) is 11.3 Å². The second kappa shape index (κ2) is 4.36. The molecule has 1 N–H and O–H groups in total. The number of esters is 1. The van der Waals surface area contributed by atoms with Gasteiger partial charge in [-0.3, -0.25) is 4.98 Å². The average Bonchev–Trinajstić information content (AvgIpc) is 2.17. The molecule has 0 unspecified atom stereocenters. The Labute approximate surface area is 81.0 Å². The van der Waals surface area contributed by atoms with E-state index >= 15 is 0 Å². The molecule has 0 saturated heterocycles. The van der Waals surface area contributed by atoms with Gasteiger partial charge in [0.1, 0.15) is 0 Å². The highest BCUT2D eigenvalue weighted by Gasteiger charge is 2.09. The summed E-state index contributed by atoms with van der Waals surface area (Å²) in [5, 5.41) is 11.1. The van der Waals surface area contributed by atoms with Crippen LogP contribution in [0.25, 0.3) is 0 Å². The van der Waals surface area contributed by atoms with Gasteiger partial charge in [0.2, 0.25) is 0 Å². The van der Waals surface area contributed by atoms with E-state index in [1.807, 2.05) is 0 Å². The van der Waals surface area contributed by atoms with Crippen LogP contribution in [-0.4, -0.2) is 29.5 Å². The van der Waals surface area contributed by atoms with Gasteiger partial charge < -0.3 is 9.94 Å². The van der Waals surface area contributed by atoms with Crippen molar-refractivity contribution in [3.63, 3.8) is 0 Å². The van der Waals surface area contributed by atoms with Gasteiger partial charge >= 0.3 is 5.97 Å². The third kappa shape index (κ3) is 2.07. The van der Waals surface area contributed by atoms with Crippen LogP contribution in [0, 0.1) is 6.92 Å². The Hall–Kier alpha value is -1.91. The summed E-state index contributed by atoms with van der Waals surface area (Å²) in [5.74, 6) is -0.428. The lowest BCUT2D eigenvalue weighted by Gasteiger charge is -2.02. The quantitative estimate of drug-likeness (QED) is 0.330. The lowest BCUT2D eigenvalue weighted by atomic mass is 10.1. The molecule has 1 rings (SSSR count). The summed E-state index contributed by atoms with van der Waals surface area (Å²) in [6, 6.07) is 1.63. The van der Waals surface area contributed by atoms with E-state index < -0.39 is 5.97 Å². The number of hydrogen-bond acceptors (Lipinski definition) is 5. The van der Waals surface area contributed by atoms with Gasteiger partial charge in [-0.05, 0) is 18.6 Å². The van der Waals surface area contributed by atoms with Crippen LogP contribution in [0.4, 0.5) is 0 Å². The van der Waals surface area contributed by atoms with Crippen molar-refractivity contribution in [2.24, 2.45) is 5.16 Å². The molecular weight excluding hydrogens is 184 g/mol. The Balaban J connectivity index is 3.07. The number of aromatic nitrogens is 1. The van der Waals surface area contributed by atoms with Crippen LogP contribution >= 0.6 is 0 Å². The maximum absolute atomic E-state index is 11.2. The first-order valence-electron chi connectivity index (χ1n) is 3.91. The Kier molecular flexibility index (Phi) is 3.17. The van der Waals surface area contributed by atoms with Crippen LogP contribution in [0.5, 0.6) is 0 Å². The first-order valence-corrected chi connectivity index (χ1v) is 3.91. The van der Waals surface area contributed by atoms with Crippen molar-refractivity contribution in [2.75, 3.05) is 7.11 Å². The number of aryl methyl sites for hydroxylation is 1. The van der Waals surface area contributed by atoms with E-state index in [0.717, 1.165) is 5.56 Å². The topological polar surface area (TPSA) is 71.8 Å². The maximum Gasteiger partial charge on any atom is 0.339 e. The molecule has 0 aliphatic heterocycles. The van der Waals surface area contributed by atoms with Gasteiger partial charge in [-0.25, -0.2) is 4.79 Å². The van der Waals surface area contributed by atoms with Crippen LogP contribution in [0.2, 0.25) is 0 Å². The van der Waals surface area contributed by atoms with Gasteiger partial charge in [0.05, 0.1) is 24.6 Å². The number of oxime groups is 1. The van der Waals surface area contributed by atoms with Crippen molar-refractivity contribution >= 4 is 12.2 Å². The SMILES string of the molecule is COC(=O)c1cnc(/C=N/O)cc1C. The monoisotopic (exact) mass is 194 g/mol. The smallest absolute Gasteiger partial charge is 0.339 e. The fourth-order valence-corrected chi connectivity index (χ4v) is 1.03. The van der Waals surface area contributed by atoms with E-state index in [1.54, 1.807) is 13.0 Å². The zero-order chi connectivity index (χ0) is 10.6. The summed E-state index contributed by atoms with van der Waals surface area (Å²) in [5.41, 5.74) is 1.61. The zero-order valence-corrected chi connectivity index (χ0v) is 7.89. The normalized spacial score (nSPS) is 10.4. The van der Waals surface area contributed by atoms with Crippen molar-refractivity contribution < 1.29 is 14.7 Å². The Morgan fingerprint density at radius 2 is 2.43 bits per heavy atom. The average molecular weight is 194 g/mol. The molecule has 1 aromatic heterocycles. The molecule has 74 valence electrons. The van der Waals surface area contributed by atoms with E-state index in [-0.39, 0.29) is 0 Å². The van der Waals surface area contributed by atoms with Gasteiger partial charge in [-0.2, -0.15) is 0 Å².